The van der Waals surface area contributed by atoms with Gasteiger partial charge in [-0.1, -0.05) is 0 Å². The van der Waals surface area contributed by atoms with Gasteiger partial charge in [-0.25, -0.2) is 0 Å². The molecule has 0 N–H and O–H groups in total. The van der Waals surface area contributed by atoms with Crippen LogP contribution in [0, 0.1) is 0 Å². The van der Waals surface area contributed by atoms with E-state index in [-0.39, 0.29) is 9.76 Å². The summed E-state index contributed by atoms with van der Waals surface area (Å²) in [5.74, 6) is 1.00. The second-order valence-corrected chi connectivity index (χ2v) is 3.18. The molecule has 0 aromatic rings. The van der Waals surface area contributed by atoms with Gasteiger partial charge in [0.15, 0.2) is 9.76 Å². The van der Waals surface area contributed by atoms with E-state index in [1.807, 2.05) is 6.92 Å². The zero-order valence-electron chi connectivity index (χ0n) is 5.26. The highest BCUT2D eigenvalue weighted by Crippen LogP contribution is 1.90. The Labute approximate surface area is 59.2 Å². The van der Waals surface area contributed by atoms with Crippen molar-refractivity contribution < 1.29 is 4.43 Å². The van der Waals surface area contributed by atoms with E-state index < -0.39 is 0 Å². The fraction of sp³-hybridized carbons (Fsp3) is 1.00. The smallest absolute Gasteiger partial charge is 0.193 e. The lowest BCUT2D eigenvalue weighted by atomic mass is 10.6. The van der Waals surface area contributed by atoms with Gasteiger partial charge in [0.1, 0.15) is 0 Å². The van der Waals surface area contributed by atoms with E-state index in [0.29, 0.717) is 0 Å². The Hall–Kier alpha value is 0.527. The van der Waals surface area contributed by atoms with E-state index in [1.165, 1.54) is 12.5 Å². The summed E-state index contributed by atoms with van der Waals surface area (Å²) in [5.41, 5.74) is 0. The van der Waals surface area contributed by atoms with E-state index in [0.717, 1.165) is 12.4 Å². The van der Waals surface area contributed by atoms with Crippen molar-refractivity contribution in [3.8, 4) is 0 Å². The third-order valence-electron chi connectivity index (χ3n) is 0.765. The van der Waals surface area contributed by atoms with E-state index in [9.17, 15) is 0 Å². The van der Waals surface area contributed by atoms with Crippen molar-refractivity contribution in [3.05, 3.63) is 0 Å². The zero-order chi connectivity index (χ0) is 6.24. The maximum Gasteiger partial charge on any atom is 0.193 e. The van der Waals surface area contributed by atoms with E-state index in [2.05, 4.69) is 12.6 Å². The van der Waals surface area contributed by atoms with Gasteiger partial charge in [-0.05, 0) is 25.1 Å². The number of hydrogen-bond acceptors (Lipinski definition) is 2. The molecule has 0 bridgehead atoms. The molecule has 0 aliphatic rings. The molecule has 0 unspecified atom stereocenters. The molecule has 0 saturated heterocycles. The predicted octanol–water partition coefficient (Wildman–Crippen LogP) is 1.11. The molecule has 0 spiro atoms. The average Bonchev–Trinajstić information content (AvgIpc) is 1.81. The average molecular weight is 149 g/mol. The van der Waals surface area contributed by atoms with Crippen LogP contribution in [0.3, 0.4) is 0 Å². The van der Waals surface area contributed by atoms with Gasteiger partial charge in [0, 0.05) is 6.61 Å². The standard InChI is InChI=1S/C5H13OSSi/c1-2-6-8-5-3-4-7/h7-8H,2-5H2,1H3. The van der Waals surface area contributed by atoms with E-state index >= 15 is 0 Å². The zero-order valence-corrected chi connectivity index (χ0v) is 7.31. The molecule has 1 radical (unpaired) electrons. The van der Waals surface area contributed by atoms with E-state index in [1.54, 1.807) is 0 Å². The molecule has 8 heavy (non-hydrogen) atoms. The molecule has 0 atom stereocenters. The van der Waals surface area contributed by atoms with Crippen LogP contribution in [0.5, 0.6) is 0 Å². The van der Waals surface area contributed by atoms with Crippen LogP contribution in [-0.2, 0) is 4.43 Å². The summed E-state index contributed by atoms with van der Waals surface area (Å²) in [6.07, 6.45) is 1.21. The summed E-state index contributed by atoms with van der Waals surface area (Å²) in [6, 6.07) is 1.23. The summed E-state index contributed by atoms with van der Waals surface area (Å²) >= 11 is 4.08. The molecular formula is C5H13OSSi. The monoisotopic (exact) mass is 149 g/mol. The van der Waals surface area contributed by atoms with Gasteiger partial charge in [-0.15, -0.1) is 0 Å². The van der Waals surface area contributed by atoms with Crippen molar-refractivity contribution in [3.63, 3.8) is 0 Å². The van der Waals surface area contributed by atoms with Crippen LogP contribution in [0.1, 0.15) is 13.3 Å². The number of rotatable bonds is 5. The molecule has 0 aromatic carbocycles. The number of hydrogen-bond donors (Lipinski definition) is 1. The minimum absolute atomic E-state index is 0.271. The molecule has 0 aliphatic heterocycles. The van der Waals surface area contributed by atoms with Crippen molar-refractivity contribution in [2.24, 2.45) is 0 Å². The minimum Gasteiger partial charge on any atom is -0.421 e. The van der Waals surface area contributed by atoms with Gasteiger partial charge in [0.2, 0.25) is 0 Å². The maximum absolute atomic E-state index is 5.18. The van der Waals surface area contributed by atoms with Crippen molar-refractivity contribution in [2.75, 3.05) is 12.4 Å². The summed E-state index contributed by atoms with van der Waals surface area (Å²) in [5, 5.41) is 0. The quantitative estimate of drug-likeness (QED) is 0.350. The Kier molecular flexibility index (Phi) is 8.02. The lowest BCUT2D eigenvalue weighted by Crippen LogP contribution is -1.96. The minimum atomic E-state index is 0.271. The molecule has 0 aliphatic carbocycles. The molecule has 3 heteroatoms. The second-order valence-electron chi connectivity index (χ2n) is 1.49. The van der Waals surface area contributed by atoms with E-state index in [4.69, 9.17) is 4.43 Å². The van der Waals surface area contributed by atoms with Gasteiger partial charge in [0.05, 0.1) is 0 Å². The Morgan fingerprint density at radius 2 is 2.38 bits per heavy atom. The molecule has 0 heterocycles. The van der Waals surface area contributed by atoms with Gasteiger partial charge >= 0.3 is 0 Å². The highest BCUT2D eigenvalue weighted by molar-refractivity contribution is 7.80. The van der Waals surface area contributed by atoms with Crippen molar-refractivity contribution in [1.29, 1.82) is 0 Å². The Bertz CT molecular complexity index is 37.4. The lowest BCUT2D eigenvalue weighted by Gasteiger charge is -1.95. The first-order chi connectivity index (χ1) is 3.91. The third-order valence-corrected chi connectivity index (χ3v) is 2.29. The molecule has 1 nitrogen and oxygen atoms in total. The first-order valence-electron chi connectivity index (χ1n) is 2.96. The van der Waals surface area contributed by atoms with Crippen LogP contribution in [0.4, 0.5) is 0 Å². The van der Waals surface area contributed by atoms with Crippen molar-refractivity contribution >= 4 is 22.4 Å². The molecule has 0 saturated carbocycles. The first kappa shape index (κ1) is 8.53. The molecule has 49 valence electrons. The Morgan fingerprint density at radius 3 is 2.88 bits per heavy atom. The molecule has 0 aromatic heterocycles. The SMILES string of the molecule is CCO[SiH]CCCS. The summed E-state index contributed by atoms with van der Waals surface area (Å²) in [4.78, 5) is 0. The van der Waals surface area contributed by atoms with Crippen LogP contribution >= 0.6 is 12.6 Å². The summed E-state index contributed by atoms with van der Waals surface area (Å²) in [6.45, 7) is 2.91. The van der Waals surface area contributed by atoms with Gasteiger partial charge < -0.3 is 4.43 Å². The van der Waals surface area contributed by atoms with Gasteiger partial charge in [-0.2, -0.15) is 12.6 Å². The molecule has 0 fully saturated rings. The van der Waals surface area contributed by atoms with Crippen LogP contribution in [0.2, 0.25) is 6.04 Å². The normalized spacial score (nSPS) is 9.75. The first-order valence-corrected chi connectivity index (χ1v) is 4.88. The van der Waals surface area contributed by atoms with Gasteiger partial charge in [-0.3, -0.25) is 0 Å². The highest BCUT2D eigenvalue weighted by atomic mass is 32.1. The van der Waals surface area contributed by atoms with Crippen LogP contribution in [0.15, 0.2) is 0 Å². The Morgan fingerprint density at radius 1 is 1.62 bits per heavy atom. The topological polar surface area (TPSA) is 9.23 Å². The van der Waals surface area contributed by atoms with Crippen molar-refractivity contribution in [1.82, 2.24) is 0 Å². The molecule has 0 rings (SSSR count). The lowest BCUT2D eigenvalue weighted by molar-refractivity contribution is 0.359. The van der Waals surface area contributed by atoms with Crippen LogP contribution in [-0.4, -0.2) is 22.1 Å². The molecular weight excluding hydrogens is 136 g/mol. The third kappa shape index (κ3) is 6.53. The van der Waals surface area contributed by atoms with Crippen LogP contribution in [0.25, 0.3) is 0 Å². The Balaban J connectivity index is 2.53. The number of thiol groups is 1. The summed E-state index contributed by atoms with van der Waals surface area (Å²) < 4.78 is 5.18. The van der Waals surface area contributed by atoms with Gasteiger partial charge in [0.25, 0.3) is 0 Å². The van der Waals surface area contributed by atoms with Crippen LogP contribution < -0.4 is 0 Å². The highest BCUT2D eigenvalue weighted by Gasteiger charge is 1.85. The maximum atomic E-state index is 5.18. The summed E-state index contributed by atoms with van der Waals surface area (Å²) in [7, 11) is 0.271. The largest absolute Gasteiger partial charge is 0.421 e. The molecule has 0 amide bonds. The second kappa shape index (κ2) is 7.53. The predicted molar refractivity (Wildman–Crippen MR) is 42.1 cm³/mol. The van der Waals surface area contributed by atoms with Crippen molar-refractivity contribution in [2.45, 2.75) is 19.4 Å². The fourth-order valence-corrected chi connectivity index (χ4v) is 1.68. The fourth-order valence-electron chi connectivity index (χ4n) is 0.376.